The second-order valence-electron chi connectivity index (χ2n) is 4.63. The quantitative estimate of drug-likeness (QED) is 0.232. The van der Waals surface area contributed by atoms with E-state index in [0.29, 0.717) is 19.0 Å². The molecule has 1 fully saturated rings. The molecule has 1 aliphatic carbocycles. The Bertz CT molecular complexity index is 298. The zero-order chi connectivity index (χ0) is 13.9. The summed E-state index contributed by atoms with van der Waals surface area (Å²) in [5.74, 6) is 2.07. The van der Waals surface area contributed by atoms with E-state index < -0.39 is 0 Å². The van der Waals surface area contributed by atoms with E-state index >= 15 is 0 Å². The predicted octanol–water partition coefficient (Wildman–Crippen LogP) is 1.58. The molecule has 3 N–H and O–H groups in total. The molecule has 0 aromatic rings. The van der Waals surface area contributed by atoms with Crippen LogP contribution in [0.1, 0.15) is 32.6 Å². The first-order chi connectivity index (χ1) is 9.26. The van der Waals surface area contributed by atoms with E-state index in [1.807, 2.05) is 11.8 Å². The van der Waals surface area contributed by atoms with Crippen LogP contribution < -0.4 is 16.0 Å². The molecule has 0 aromatic carbocycles. The Labute approximate surface area is 143 Å². The first kappa shape index (κ1) is 19.8. The van der Waals surface area contributed by atoms with Gasteiger partial charge in [0.1, 0.15) is 0 Å². The van der Waals surface area contributed by atoms with Crippen molar-refractivity contribution in [3.05, 3.63) is 0 Å². The van der Waals surface area contributed by atoms with E-state index in [1.165, 1.54) is 0 Å². The molecule has 0 aliphatic heterocycles. The van der Waals surface area contributed by atoms with Crippen LogP contribution in [0.15, 0.2) is 4.99 Å². The van der Waals surface area contributed by atoms with Gasteiger partial charge in [0, 0.05) is 37.8 Å². The minimum Gasteiger partial charge on any atom is -0.357 e. The topological polar surface area (TPSA) is 65.5 Å². The van der Waals surface area contributed by atoms with Crippen LogP contribution in [0.5, 0.6) is 0 Å². The summed E-state index contributed by atoms with van der Waals surface area (Å²) < 4.78 is 0. The molecule has 0 spiro atoms. The fourth-order valence-corrected chi connectivity index (χ4v) is 1.88. The number of guanidine groups is 1. The molecule has 20 heavy (non-hydrogen) atoms. The van der Waals surface area contributed by atoms with Gasteiger partial charge in [-0.15, -0.1) is 24.0 Å². The summed E-state index contributed by atoms with van der Waals surface area (Å²) in [6.07, 6.45) is 5.76. The summed E-state index contributed by atoms with van der Waals surface area (Å²) in [4.78, 5) is 15.9. The SMILES string of the molecule is CCNC(=NCCCC(=O)NC1CC1)NCCSC.I. The second kappa shape index (κ2) is 12.6. The first-order valence-electron chi connectivity index (χ1n) is 7.06. The van der Waals surface area contributed by atoms with Gasteiger partial charge in [0.15, 0.2) is 5.96 Å². The Balaban J connectivity index is 0.00000361. The molecule has 1 rings (SSSR count). The summed E-state index contributed by atoms with van der Waals surface area (Å²) in [6, 6.07) is 0.460. The van der Waals surface area contributed by atoms with E-state index in [9.17, 15) is 4.79 Å². The molecule has 118 valence electrons. The summed E-state index contributed by atoms with van der Waals surface area (Å²) in [6.45, 7) is 4.50. The summed E-state index contributed by atoms with van der Waals surface area (Å²) >= 11 is 1.81. The van der Waals surface area contributed by atoms with Gasteiger partial charge in [-0.25, -0.2) is 0 Å². The molecule has 0 saturated heterocycles. The molecule has 0 heterocycles. The summed E-state index contributed by atoms with van der Waals surface area (Å²) in [5.41, 5.74) is 0. The molecule has 0 aromatic heterocycles. The van der Waals surface area contributed by atoms with Gasteiger partial charge in [-0.3, -0.25) is 9.79 Å². The lowest BCUT2D eigenvalue weighted by atomic mass is 10.3. The minimum absolute atomic E-state index is 0. The fourth-order valence-electron chi connectivity index (χ4n) is 1.57. The number of nitrogens with zero attached hydrogens (tertiary/aromatic N) is 1. The van der Waals surface area contributed by atoms with Gasteiger partial charge in [-0.2, -0.15) is 11.8 Å². The van der Waals surface area contributed by atoms with Gasteiger partial charge < -0.3 is 16.0 Å². The van der Waals surface area contributed by atoms with Gasteiger partial charge in [0.2, 0.25) is 5.91 Å². The number of carbonyl (C=O) groups is 1. The van der Waals surface area contributed by atoms with Crippen LogP contribution in [-0.4, -0.2) is 49.6 Å². The molecule has 0 radical (unpaired) electrons. The molecule has 0 unspecified atom stereocenters. The van der Waals surface area contributed by atoms with E-state index in [-0.39, 0.29) is 29.9 Å². The standard InChI is InChI=1S/C13H26N4OS.HI/c1-3-14-13(16-9-10-19-2)15-8-4-5-12(18)17-11-6-7-11;/h11H,3-10H2,1-2H3,(H,17,18)(H2,14,15,16);1H. The van der Waals surface area contributed by atoms with Crippen molar-refractivity contribution in [2.75, 3.05) is 31.6 Å². The number of halogens is 1. The largest absolute Gasteiger partial charge is 0.357 e. The normalized spacial score (nSPS) is 14.4. The van der Waals surface area contributed by atoms with E-state index in [2.05, 4.69) is 34.1 Å². The number of hydrogen-bond acceptors (Lipinski definition) is 3. The maximum absolute atomic E-state index is 11.5. The lowest BCUT2D eigenvalue weighted by molar-refractivity contribution is -0.121. The average Bonchev–Trinajstić information content (AvgIpc) is 3.18. The first-order valence-corrected chi connectivity index (χ1v) is 8.46. The molecule has 5 nitrogen and oxygen atoms in total. The number of rotatable bonds is 9. The molecule has 0 bridgehead atoms. The van der Waals surface area contributed by atoms with Crippen molar-refractivity contribution in [3.8, 4) is 0 Å². The third-order valence-electron chi connectivity index (χ3n) is 2.72. The van der Waals surface area contributed by atoms with Crippen LogP contribution in [0.4, 0.5) is 0 Å². The van der Waals surface area contributed by atoms with Crippen molar-refractivity contribution >= 4 is 47.6 Å². The van der Waals surface area contributed by atoms with Crippen molar-refractivity contribution in [2.24, 2.45) is 4.99 Å². The minimum atomic E-state index is 0. The number of aliphatic imine (C=N–C) groups is 1. The third-order valence-corrected chi connectivity index (χ3v) is 3.33. The highest BCUT2D eigenvalue weighted by molar-refractivity contribution is 14.0. The summed E-state index contributed by atoms with van der Waals surface area (Å²) in [5, 5.41) is 9.46. The van der Waals surface area contributed by atoms with E-state index in [0.717, 1.165) is 44.1 Å². The fraction of sp³-hybridized carbons (Fsp3) is 0.846. The van der Waals surface area contributed by atoms with Crippen molar-refractivity contribution in [3.63, 3.8) is 0 Å². The molecule has 1 saturated carbocycles. The lowest BCUT2D eigenvalue weighted by Gasteiger charge is -2.10. The van der Waals surface area contributed by atoms with Crippen molar-refractivity contribution in [1.82, 2.24) is 16.0 Å². The van der Waals surface area contributed by atoms with E-state index in [4.69, 9.17) is 0 Å². The van der Waals surface area contributed by atoms with Crippen molar-refractivity contribution in [1.29, 1.82) is 0 Å². The van der Waals surface area contributed by atoms with E-state index in [1.54, 1.807) is 0 Å². The molecule has 0 atom stereocenters. The number of thioether (sulfide) groups is 1. The number of carbonyl (C=O) groups excluding carboxylic acids is 1. The van der Waals surface area contributed by atoms with Crippen LogP contribution in [0.25, 0.3) is 0 Å². The van der Waals surface area contributed by atoms with Gasteiger partial charge in [0.25, 0.3) is 0 Å². The van der Waals surface area contributed by atoms with Crippen molar-refractivity contribution < 1.29 is 4.79 Å². The second-order valence-corrected chi connectivity index (χ2v) is 5.61. The zero-order valence-electron chi connectivity index (χ0n) is 12.4. The monoisotopic (exact) mass is 414 g/mol. The number of nitrogens with one attached hydrogen (secondary N) is 3. The molecule has 7 heteroatoms. The average molecular weight is 414 g/mol. The Morgan fingerprint density at radius 2 is 2.10 bits per heavy atom. The Hall–Kier alpha value is -0.180. The Morgan fingerprint density at radius 1 is 1.35 bits per heavy atom. The van der Waals surface area contributed by atoms with Crippen LogP contribution in [-0.2, 0) is 4.79 Å². The van der Waals surface area contributed by atoms with Crippen LogP contribution in [0.3, 0.4) is 0 Å². The van der Waals surface area contributed by atoms with Gasteiger partial charge >= 0.3 is 0 Å². The molecule has 1 aliphatic rings. The maximum Gasteiger partial charge on any atom is 0.220 e. The summed E-state index contributed by atoms with van der Waals surface area (Å²) in [7, 11) is 0. The molecule has 1 amide bonds. The van der Waals surface area contributed by atoms with Crippen LogP contribution in [0.2, 0.25) is 0 Å². The maximum atomic E-state index is 11.5. The van der Waals surface area contributed by atoms with Gasteiger partial charge in [-0.1, -0.05) is 0 Å². The lowest BCUT2D eigenvalue weighted by Crippen LogP contribution is -2.38. The van der Waals surface area contributed by atoms with Crippen LogP contribution >= 0.6 is 35.7 Å². The number of hydrogen-bond donors (Lipinski definition) is 3. The zero-order valence-corrected chi connectivity index (χ0v) is 15.6. The molecular formula is C13H27IN4OS. The number of amides is 1. The van der Waals surface area contributed by atoms with Crippen molar-refractivity contribution in [2.45, 2.75) is 38.6 Å². The molecular weight excluding hydrogens is 387 g/mol. The highest BCUT2D eigenvalue weighted by Crippen LogP contribution is 2.18. The Kier molecular flexibility index (Phi) is 12.4. The van der Waals surface area contributed by atoms with Gasteiger partial charge in [-0.05, 0) is 32.4 Å². The highest BCUT2D eigenvalue weighted by atomic mass is 127. The predicted molar refractivity (Wildman–Crippen MR) is 98.2 cm³/mol. The van der Waals surface area contributed by atoms with Crippen LogP contribution in [0, 0.1) is 0 Å². The smallest absolute Gasteiger partial charge is 0.220 e. The van der Waals surface area contributed by atoms with Gasteiger partial charge in [0.05, 0.1) is 0 Å². The Morgan fingerprint density at radius 3 is 2.70 bits per heavy atom. The third kappa shape index (κ3) is 10.6. The highest BCUT2D eigenvalue weighted by Gasteiger charge is 2.22.